The Hall–Kier alpha value is -0.990. The molecule has 3 rings (SSSR count). The minimum Gasteiger partial charge on any atom is -0.374 e. The predicted octanol–water partition coefficient (Wildman–Crippen LogP) is 0.333. The molecule has 2 N–H and O–H groups in total. The Kier molecular flexibility index (Phi) is 4.02. The normalized spacial score (nSPS) is 28.3. The van der Waals surface area contributed by atoms with Gasteiger partial charge in [-0.2, -0.15) is 4.31 Å². The van der Waals surface area contributed by atoms with Crippen LogP contribution in [0.25, 0.3) is 0 Å². The second-order valence-corrected chi connectivity index (χ2v) is 7.62. The number of nitrogens with zero attached hydrogens (tertiary/aromatic N) is 2. The smallest absolute Gasteiger partial charge is 0.243 e. The third kappa shape index (κ3) is 2.84. The van der Waals surface area contributed by atoms with Gasteiger partial charge in [0.1, 0.15) is 0 Å². The quantitative estimate of drug-likeness (QED) is 0.797. The molecule has 2 unspecified atom stereocenters. The van der Waals surface area contributed by atoms with E-state index in [1.54, 1.807) is 17.1 Å². The van der Waals surface area contributed by atoms with Crippen molar-refractivity contribution in [3.8, 4) is 0 Å². The molecule has 0 radical (unpaired) electrons. The molecular formula is C14H21N3O3S. The molecule has 21 heavy (non-hydrogen) atoms. The first-order chi connectivity index (χ1) is 9.98. The van der Waals surface area contributed by atoms with E-state index in [1.807, 2.05) is 19.1 Å². The molecule has 2 aliphatic rings. The highest BCUT2D eigenvalue weighted by atomic mass is 32.2. The lowest BCUT2D eigenvalue weighted by molar-refractivity contribution is -0.0938. The van der Waals surface area contributed by atoms with Gasteiger partial charge in [-0.25, -0.2) is 13.4 Å². The Bertz CT molecular complexity index is 602. The van der Waals surface area contributed by atoms with Crippen LogP contribution in [0.3, 0.4) is 0 Å². The largest absolute Gasteiger partial charge is 0.374 e. The number of fused-ring (bicyclic) bond motifs is 1. The van der Waals surface area contributed by atoms with Gasteiger partial charge in [0.05, 0.1) is 23.6 Å². The number of nitrogens with two attached hydrogens (primary N) is 1. The predicted molar refractivity (Wildman–Crippen MR) is 79.0 cm³/mol. The average Bonchev–Trinajstić information content (AvgIpc) is 2.47. The van der Waals surface area contributed by atoms with Crippen LogP contribution in [-0.4, -0.2) is 56.1 Å². The van der Waals surface area contributed by atoms with Crippen LogP contribution in [0.4, 0.5) is 0 Å². The van der Waals surface area contributed by atoms with Crippen LogP contribution in [0.1, 0.15) is 12.0 Å². The fourth-order valence-corrected chi connectivity index (χ4v) is 4.44. The number of hydrogen-bond acceptors (Lipinski definition) is 5. The molecule has 2 aliphatic heterocycles. The molecule has 0 bridgehead atoms. The van der Waals surface area contributed by atoms with E-state index in [-0.39, 0.29) is 12.1 Å². The fraction of sp³-hybridized carbons (Fsp3) is 0.571. The first kappa shape index (κ1) is 14.9. The monoisotopic (exact) mass is 311 g/mol. The highest BCUT2D eigenvalue weighted by Gasteiger charge is 2.39. The molecule has 0 spiro atoms. The first-order valence-corrected chi connectivity index (χ1v) is 8.62. The van der Waals surface area contributed by atoms with Crippen LogP contribution in [0, 0.1) is 6.92 Å². The number of morpholine rings is 1. The summed E-state index contributed by atoms with van der Waals surface area (Å²) >= 11 is 0. The average molecular weight is 311 g/mol. The van der Waals surface area contributed by atoms with Gasteiger partial charge in [-0.05, 0) is 25.5 Å². The summed E-state index contributed by atoms with van der Waals surface area (Å²) in [7, 11) is -3.45. The zero-order valence-electron chi connectivity index (χ0n) is 12.1. The van der Waals surface area contributed by atoms with Crippen molar-refractivity contribution in [3.63, 3.8) is 0 Å². The first-order valence-electron chi connectivity index (χ1n) is 7.18. The number of ether oxygens (including phenoxy) is 1. The lowest BCUT2D eigenvalue weighted by Gasteiger charge is -2.44. The van der Waals surface area contributed by atoms with E-state index in [2.05, 4.69) is 0 Å². The van der Waals surface area contributed by atoms with Crippen molar-refractivity contribution in [1.29, 1.82) is 0 Å². The summed E-state index contributed by atoms with van der Waals surface area (Å²) in [5, 5.41) is 1.78. The van der Waals surface area contributed by atoms with Crippen LogP contribution in [0.15, 0.2) is 29.2 Å². The van der Waals surface area contributed by atoms with E-state index in [9.17, 15) is 8.42 Å². The number of benzene rings is 1. The van der Waals surface area contributed by atoms with Crippen LogP contribution in [-0.2, 0) is 14.8 Å². The maximum absolute atomic E-state index is 12.7. The van der Waals surface area contributed by atoms with Gasteiger partial charge in [-0.3, -0.25) is 5.84 Å². The molecule has 0 aliphatic carbocycles. The van der Waals surface area contributed by atoms with Crippen molar-refractivity contribution in [2.24, 2.45) is 5.84 Å². The topological polar surface area (TPSA) is 75.9 Å². The molecule has 0 saturated carbocycles. The van der Waals surface area contributed by atoms with E-state index in [0.717, 1.165) is 5.56 Å². The zero-order chi connectivity index (χ0) is 15.0. The Morgan fingerprint density at radius 2 is 1.95 bits per heavy atom. The highest BCUT2D eigenvalue weighted by molar-refractivity contribution is 7.89. The van der Waals surface area contributed by atoms with Gasteiger partial charge in [-0.1, -0.05) is 17.7 Å². The van der Waals surface area contributed by atoms with Crippen molar-refractivity contribution in [3.05, 3.63) is 29.8 Å². The van der Waals surface area contributed by atoms with E-state index in [4.69, 9.17) is 10.6 Å². The van der Waals surface area contributed by atoms with Crippen molar-refractivity contribution in [2.75, 3.05) is 26.2 Å². The number of rotatable bonds is 2. The number of hydrogen-bond donors (Lipinski definition) is 1. The molecule has 1 aromatic carbocycles. The lowest BCUT2D eigenvalue weighted by Crippen LogP contribution is -2.61. The fourth-order valence-electron chi connectivity index (χ4n) is 2.97. The van der Waals surface area contributed by atoms with E-state index in [1.165, 1.54) is 4.31 Å². The van der Waals surface area contributed by atoms with Gasteiger partial charge in [0.15, 0.2) is 0 Å². The molecule has 2 atom stereocenters. The Balaban J connectivity index is 1.79. The zero-order valence-corrected chi connectivity index (χ0v) is 12.9. The van der Waals surface area contributed by atoms with Crippen LogP contribution < -0.4 is 5.84 Å². The minimum absolute atomic E-state index is 0.114. The van der Waals surface area contributed by atoms with E-state index >= 15 is 0 Å². The lowest BCUT2D eigenvalue weighted by atomic mass is 10.0. The summed E-state index contributed by atoms with van der Waals surface area (Å²) < 4.78 is 32.6. The number of piperidine rings is 1. The maximum Gasteiger partial charge on any atom is 0.243 e. The van der Waals surface area contributed by atoms with Gasteiger partial charge in [0, 0.05) is 19.6 Å². The Morgan fingerprint density at radius 3 is 2.67 bits per heavy atom. The van der Waals surface area contributed by atoms with Gasteiger partial charge in [0.2, 0.25) is 10.0 Å². The van der Waals surface area contributed by atoms with Crippen LogP contribution in [0.2, 0.25) is 0 Å². The number of aryl methyl sites for hydroxylation is 1. The molecule has 2 fully saturated rings. The van der Waals surface area contributed by atoms with Crippen LogP contribution in [0.5, 0.6) is 0 Å². The minimum atomic E-state index is -3.45. The van der Waals surface area contributed by atoms with Gasteiger partial charge in [-0.15, -0.1) is 0 Å². The summed E-state index contributed by atoms with van der Waals surface area (Å²) in [6.07, 6.45) is 0.560. The SMILES string of the molecule is Cc1ccc(S(=O)(=O)N2CCC3C(C2)OCCN3N)cc1. The maximum atomic E-state index is 12.7. The molecule has 0 aromatic heterocycles. The number of sulfonamides is 1. The molecule has 2 saturated heterocycles. The Morgan fingerprint density at radius 1 is 1.24 bits per heavy atom. The summed E-state index contributed by atoms with van der Waals surface area (Å²) in [4.78, 5) is 0.340. The van der Waals surface area contributed by atoms with Gasteiger partial charge >= 0.3 is 0 Å². The molecule has 116 valence electrons. The van der Waals surface area contributed by atoms with Crippen molar-refractivity contribution >= 4 is 10.0 Å². The summed E-state index contributed by atoms with van der Waals surface area (Å²) in [6.45, 7) is 4.04. The molecule has 6 nitrogen and oxygen atoms in total. The molecule has 1 aromatic rings. The van der Waals surface area contributed by atoms with Crippen molar-refractivity contribution in [2.45, 2.75) is 30.4 Å². The van der Waals surface area contributed by atoms with Crippen molar-refractivity contribution in [1.82, 2.24) is 9.31 Å². The standard InChI is InChI=1S/C14H21N3O3S/c1-11-2-4-12(5-3-11)21(18,19)16-7-6-13-14(10-16)20-9-8-17(13)15/h2-5,13-14H,6-10,15H2,1H3. The Labute approximate surface area is 125 Å². The third-order valence-electron chi connectivity index (χ3n) is 4.25. The summed E-state index contributed by atoms with van der Waals surface area (Å²) in [5.74, 6) is 5.96. The van der Waals surface area contributed by atoms with E-state index < -0.39 is 10.0 Å². The molecule has 2 heterocycles. The molecule has 7 heteroatoms. The van der Waals surface area contributed by atoms with E-state index in [0.29, 0.717) is 37.6 Å². The van der Waals surface area contributed by atoms with Crippen LogP contribution >= 0.6 is 0 Å². The van der Waals surface area contributed by atoms with Gasteiger partial charge < -0.3 is 4.74 Å². The third-order valence-corrected chi connectivity index (χ3v) is 6.13. The summed E-state index contributed by atoms with van der Waals surface area (Å²) in [6, 6.07) is 7.07. The highest BCUT2D eigenvalue weighted by Crippen LogP contribution is 2.26. The second-order valence-electron chi connectivity index (χ2n) is 5.68. The molecular weight excluding hydrogens is 290 g/mol. The number of hydrazine groups is 1. The second kappa shape index (κ2) is 5.66. The van der Waals surface area contributed by atoms with Crippen molar-refractivity contribution < 1.29 is 13.2 Å². The molecule has 0 amide bonds. The summed E-state index contributed by atoms with van der Waals surface area (Å²) in [5.41, 5.74) is 1.04. The van der Waals surface area contributed by atoms with Gasteiger partial charge in [0.25, 0.3) is 0 Å².